The van der Waals surface area contributed by atoms with Crippen LogP contribution in [0.2, 0.25) is 0 Å². The van der Waals surface area contributed by atoms with Gasteiger partial charge in [0, 0.05) is 35.1 Å². The second-order valence-electron chi connectivity index (χ2n) is 5.09. The molecule has 1 aliphatic heterocycles. The molecule has 1 aromatic heterocycles. The molecule has 0 fully saturated rings. The molecule has 0 bridgehead atoms. The summed E-state index contributed by atoms with van der Waals surface area (Å²) < 4.78 is 1.71. The van der Waals surface area contributed by atoms with Crippen LogP contribution in [0.5, 0.6) is 0 Å². The number of rotatable bonds is 3. The Balaban J connectivity index is 2.03. The first kappa shape index (κ1) is 15.9. The van der Waals surface area contributed by atoms with E-state index in [0.717, 1.165) is 9.77 Å². The Morgan fingerprint density at radius 2 is 2.13 bits per heavy atom. The Morgan fingerprint density at radius 3 is 2.78 bits per heavy atom. The largest absolute Gasteiger partial charge is 0.505 e. The summed E-state index contributed by atoms with van der Waals surface area (Å²) >= 11 is 2.90. The minimum atomic E-state index is -0.246. The van der Waals surface area contributed by atoms with E-state index in [1.54, 1.807) is 22.4 Å². The molecule has 2 heterocycles. The normalized spacial score (nSPS) is 14.0. The number of aromatic nitrogens is 1. The Hall–Kier alpha value is -1.99. The van der Waals surface area contributed by atoms with Crippen molar-refractivity contribution in [1.82, 2.24) is 9.29 Å². The van der Waals surface area contributed by atoms with Crippen LogP contribution in [0.1, 0.15) is 17.4 Å². The van der Waals surface area contributed by atoms with Gasteiger partial charge in [-0.15, -0.1) is 11.3 Å². The quantitative estimate of drug-likeness (QED) is 0.858. The lowest BCUT2D eigenvalue weighted by molar-refractivity contribution is -0.116. The summed E-state index contributed by atoms with van der Waals surface area (Å²) in [6.45, 7) is 4.34. The zero-order valence-electron chi connectivity index (χ0n) is 13.1. The number of aliphatic hydroxyl groups excluding tert-OH is 1. The van der Waals surface area contributed by atoms with Gasteiger partial charge in [0.1, 0.15) is 0 Å². The maximum Gasteiger partial charge on any atom is 0.281 e. The van der Waals surface area contributed by atoms with E-state index in [0.29, 0.717) is 17.2 Å². The average molecular weight is 347 g/mol. The van der Waals surface area contributed by atoms with Crippen molar-refractivity contribution in [3.05, 3.63) is 46.6 Å². The van der Waals surface area contributed by atoms with Crippen LogP contribution in [0.25, 0.3) is 5.76 Å². The number of aryl methyl sites for hydroxylation is 1. The molecule has 2 aromatic rings. The third kappa shape index (κ3) is 2.82. The van der Waals surface area contributed by atoms with E-state index < -0.39 is 0 Å². The summed E-state index contributed by atoms with van der Waals surface area (Å²) in [5, 5.41) is 11.3. The first-order valence-electron chi connectivity index (χ1n) is 7.21. The molecular weight excluding hydrogens is 330 g/mol. The molecule has 5 nitrogen and oxygen atoms in total. The van der Waals surface area contributed by atoms with Crippen molar-refractivity contribution in [2.45, 2.75) is 18.7 Å². The second kappa shape index (κ2) is 6.25. The van der Waals surface area contributed by atoms with E-state index in [-0.39, 0.29) is 17.4 Å². The zero-order valence-corrected chi connectivity index (χ0v) is 14.7. The predicted octanol–water partition coefficient (Wildman–Crippen LogP) is 3.68. The molecular formula is C16H17N3O2S2. The molecule has 7 heteroatoms. The smallest absolute Gasteiger partial charge is 0.281 e. The summed E-state index contributed by atoms with van der Waals surface area (Å²) in [5.74, 6) is -0.234. The van der Waals surface area contributed by atoms with Crippen LogP contribution >= 0.6 is 23.3 Å². The number of amides is 1. The number of nitrogens with zero attached hydrogens (tertiary/aromatic N) is 3. The Labute approximate surface area is 143 Å². The van der Waals surface area contributed by atoms with Gasteiger partial charge in [-0.2, -0.15) is 0 Å². The fourth-order valence-electron chi connectivity index (χ4n) is 2.41. The van der Waals surface area contributed by atoms with Crippen molar-refractivity contribution in [2.75, 3.05) is 18.5 Å². The molecule has 0 saturated carbocycles. The summed E-state index contributed by atoms with van der Waals surface area (Å²) in [4.78, 5) is 20.8. The number of thiazole rings is 1. The molecule has 0 aliphatic carbocycles. The number of aliphatic hydroxyl groups is 1. The fraction of sp³-hybridized carbons (Fsp3) is 0.250. The third-order valence-electron chi connectivity index (χ3n) is 3.52. The van der Waals surface area contributed by atoms with Crippen LogP contribution in [-0.4, -0.2) is 33.9 Å². The standard InChI is InChI=1S/C16H17N3O2S2/c1-4-19(16-17-9-10(2)22-16)15(21)13-14(20)11-7-5-6-8-12(11)23-18(13)3/h5-9,20H,4H2,1-3H3. The fourth-order valence-corrected chi connectivity index (χ4v) is 4.18. The van der Waals surface area contributed by atoms with Crippen LogP contribution in [0.15, 0.2) is 41.1 Å². The van der Waals surface area contributed by atoms with E-state index in [4.69, 9.17) is 0 Å². The van der Waals surface area contributed by atoms with Crippen molar-refractivity contribution < 1.29 is 9.90 Å². The lowest BCUT2D eigenvalue weighted by atomic mass is 10.1. The number of anilines is 1. The van der Waals surface area contributed by atoms with Gasteiger partial charge in [0.05, 0.1) is 0 Å². The first-order valence-corrected chi connectivity index (χ1v) is 8.80. The highest BCUT2D eigenvalue weighted by atomic mass is 32.2. The highest BCUT2D eigenvalue weighted by Crippen LogP contribution is 2.39. The van der Waals surface area contributed by atoms with Gasteiger partial charge >= 0.3 is 0 Å². The maximum absolute atomic E-state index is 13.0. The summed E-state index contributed by atoms with van der Waals surface area (Å²) in [7, 11) is 1.78. The zero-order chi connectivity index (χ0) is 16.6. The second-order valence-corrected chi connectivity index (χ2v) is 7.47. The Bertz CT molecular complexity index is 785. The number of carbonyl (C=O) groups excluding carboxylic acids is 1. The van der Waals surface area contributed by atoms with E-state index in [2.05, 4.69) is 4.98 Å². The summed E-state index contributed by atoms with van der Waals surface area (Å²) in [5.41, 5.74) is 0.966. The van der Waals surface area contributed by atoms with Crippen molar-refractivity contribution >= 4 is 40.1 Å². The van der Waals surface area contributed by atoms with Gasteiger partial charge in [0.2, 0.25) is 0 Å². The molecule has 0 saturated heterocycles. The van der Waals surface area contributed by atoms with Gasteiger partial charge in [0.15, 0.2) is 16.6 Å². The van der Waals surface area contributed by atoms with Crippen LogP contribution in [0, 0.1) is 6.92 Å². The van der Waals surface area contributed by atoms with Crippen molar-refractivity contribution in [1.29, 1.82) is 0 Å². The number of carbonyl (C=O) groups is 1. The lowest BCUT2D eigenvalue weighted by Gasteiger charge is -2.30. The molecule has 0 unspecified atom stereocenters. The average Bonchev–Trinajstić information content (AvgIpc) is 2.94. The number of likely N-dealkylation sites (N-methyl/N-ethyl adjacent to an activating group) is 2. The van der Waals surface area contributed by atoms with E-state index in [9.17, 15) is 9.90 Å². The molecule has 1 amide bonds. The molecule has 120 valence electrons. The molecule has 0 atom stereocenters. The monoisotopic (exact) mass is 347 g/mol. The van der Waals surface area contributed by atoms with Crippen LogP contribution in [0.4, 0.5) is 5.13 Å². The van der Waals surface area contributed by atoms with Gasteiger partial charge in [-0.05, 0) is 37.9 Å². The van der Waals surface area contributed by atoms with Crippen LogP contribution in [-0.2, 0) is 4.79 Å². The van der Waals surface area contributed by atoms with E-state index in [1.165, 1.54) is 23.3 Å². The topological polar surface area (TPSA) is 56.7 Å². The minimum Gasteiger partial charge on any atom is -0.505 e. The van der Waals surface area contributed by atoms with Gasteiger partial charge < -0.3 is 9.41 Å². The third-order valence-corrected chi connectivity index (χ3v) is 5.47. The molecule has 1 aliphatic rings. The first-order chi connectivity index (χ1) is 11.0. The molecule has 1 N–H and O–H groups in total. The van der Waals surface area contributed by atoms with E-state index in [1.807, 2.05) is 38.1 Å². The number of fused-ring (bicyclic) bond motifs is 1. The highest BCUT2D eigenvalue weighted by Gasteiger charge is 2.32. The van der Waals surface area contributed by atoms with E-state index >= 15 is 0 Å². The lowest BCUT2D eigenvalue weighted by Crippen LogP contribution is -2.37. The van der Waals surface area contributed by atoms with Crippen LogP contribution in [0.3, 0.4) is 0 Å². The maximum atomic E-state index is 13.0. The van der Waals surface area contributed by atoms with Gasteiger partial charge in [-0.3, -0.25) is 9.69 Å². The molecule has 0 spiro atoms. The summed E-state index contributed by atoms with van der Waals surface area (Å²) in [6, 6.07) is 7.51. The predicted molar refractivity (Wildman–Crippen MR) is 94.5 cm³/mol. The molecule has 23 heavy (non-hydrogen) atoms. The highest BCUT2D eigenvalue weighted by molar-refractivity contribution is 7.97. The Morgan fingerprint density at radius 1 is 1.39 bits per heavy atom. The van der Waals surface area contributed by atoms with Gasteiger partial charge in [0.25, 0.3) is 5.91 Å². The SMILES string of the molecule is CCN(C(=O)C1=C(O)c2ccccc2SN1C)c1ncc(C)s1. The molecule has 1 aromatic carbocycles. The summed E-state index contributed by atoms with van der Waals surface area (Å²) in [6.07, 6.45) is 1.75. The Kier molecular flexibility index (Phi) is 4.32. The molecule has 0 radical (unpaired) electrons. The minimum absolute atomic E-state index is 0.0126. The number of benzene rings is 1. The van der Waals surface area contributed by atoms with Crippen molar-refractivity contribution in [3.8, 4) is 0 Å². The number of hydrogen-bond acceptors (Lipinski definition) is 6. The van der Waals surface area contributed by atoms with Crippen molar-refractivity contribution in [3.63, 3.8) is 0 Å². The number of hydrogen-bond donors (Lipinski definition) is 1. The van der Waals surface area contributed by atoms with Gasteiger partial charge in [-0.1, -0.05) is 12.1 Å². The van der Waals surface area contributed by atoms with Gasteiger partial charge in [-0.25, -0.2) is 4.98 Å². The van der Waals surface area contributed by atoms with Crippen molar-refractivity contribution in [2.24, 2.45) is 0 Å². The van der Waals surface area contributed by atoms with Crippen LogP contribution < -0.4 is 4.90 Å². The molecule has 3 rings (SSSR count).